The first-order chi connectivity index (χ1) is 22.5. The van der Waals surface area contributed by atoms with E-state index in [1.54, 1.807) is 0 Å². The van der Waals surface area contributed by atoms with Crippen LogP contribution in [0.3, 0.4) is 0 Å². The minimum atomic E-state index is -0.762. The minimum Gasteiger partial charge on any atom is -0.494 e. The van der Waals surface area contributed by atoms with Crippen molar-refractivity contribution in [2.24, 2.45) is 0 Å². The quantitative estimate of drug-likeness (QED) is 0.205. The van der Waals surface area contributed by atoms with Crippen LogP contribution >= 0.6 is 0 Å². The standard InChI is InChI=1S/C20H29NO3.C18H25NO3/c1-2-23-20(22)7-4-14-24-19-9-8-16-10-12-21(18-5-3-6-18)13-11-17(16)15-19;20-18(21)5-2-12-22-17-7-6-14-8-10-19(16-3-1-4-16)11-9-15(14)13-17/h8-9,15,18H,2-7,10-14H2,1H3;6-7,13,16H,1-5,8-12H2,(H,20,21). The summed E-state index contributed by atoms with van der Waals surface area (Å²) in [5.41, 5.74) is 5.74. The van der Waals surface area contributed by atoms with Crippen molar-refractivity contribution in [2.75, 3.05) is 46.0 Å². The van der Waals surface area contributed by atoms with E-state index in [4.69, 9.17) is 19.3 Å². The molecule has 2 aliphatic heterocycles. The second kappa shape index (κ2) is 17.7. The van der Waals surface area contributed by atoms with Crippen molar-refractivity contribution in [3.8, 4) is 11.5 Å². The maximum Gasteiger partial charge on any atom is 0.305 e. The van der Waals surface area contributed by atoms with Gasteiger partial charge in [0.25, 0.3) is 0 Å². The minimum absolute atomic E-state index is 0.140. The number of ether oxygens (including phenoxy) is 3. The van der Waals surface area contributed by atoms with Gasteiger partial charge in [-0.15, -0.1) is 0 Å². The number of hydrogen-bond acceptors (Lipinski definition) is 7. The summed E-state index contributed by atoms with van der Waals surface area (Å²) in [4.78, 5) is 27.1. The van der Waals surface area contributed by atoms with Crippen LogP contribution in [-0.2, 0) is 40.0 Å². The molecule has 0 amide bonds. The lowest BCUT2D eigenvalue weighted by Gasteiger charge is -2.36. The molecule has 2 fully saturated rings. The fourth-order valence-corrected chi connectivity index (χ4v) is 6.90. The first kappa shape index (κ1) is 34.2. The Morgan fingerprint density at radius 3 is 1.57 bits per heavy atom. The molecule has 0 unspecified atom stereocenters. The lowest BCUT2D eigenvalue weighted by molar-refractivity contribution is -0.143. The Kier molecular flexibility index (Phi) is 13.2. The Balaban J connectivity index is 0.000000182. The average Bonchev–Trinajstić information content (AvgIpc) is 3.33. The number of carboxylic acids is 1. The number of carbonyl (C=O) groups excluding carboxylic acids is 1. The lowest BCUT2D eigenvalue weighted by atomic mass is 9.91. The number of carboxylic acid groups (broad SMARTS) is 1. The van der Waals surface area contributed by atoms with Gasteiger partial charge in [0, 0.05) is 51.1 Å². The summed E-state index contributed by atoms with van der Waals surface area (Å²) < 4.78 is 16.4. The summed E-state index contributed by atoms with van der Waals surface area (Å²) >= 11 is 0. The molecule has 2 aliphatic carbocycles. The third kappa shape index (κ3) is 10.2. The first-order valence-corrected chi connectivity index (χ1v) is 17.8. The van der Waals surface area contributed by atoms with E-state index in [1.807, 2.05) is 13.0 Å². The zero-order chi connectivity index (χ0) is 32.1. The zero-order valence-electron chi connectivity index (χ0n) is 27.9. The van der Waals surface area contributed by atoms with Crippen LogP contribution in [0.1, 0.15) is 93.4 Å². The largest absolute Gasteiger partial charge is 0.494 e. The van der Waals surface area contributed by atoms with E-state index >= 15 is 0 Å². The molecule has 0 spiro atoms. The highest BCUT2D eigenvalue weighted by Crippen LogP contribution is 2.30. The topological polar surface area (TPSA) is 88.5 Å². The highest BCUT2D eigenvalue weighted by atomic mass is 16.5. The maximum atomic E-state index is 11.3. The van der Waals surface area contributed by atoms with Gasteiger partial charge >= 0.3 is 11.9 Å². The molecule has 0 saturated heterocycles. The van der Waals surface area contributed by atoms with Crippen molar-refractivity contribution >= 4 is 11.9 Å². The van der Waals surface area contributed by atoms with Crippen molar-refractivity contribution in [1.29, 1.82) is 0 Å². The van der Waals surface area contributed by atoms with Crippen molar-refractivity contribution in [3.63, 3.8) is 0 Å². The summed E-state index contributed by atoms with van der Waals surface area (Å²) in [5.74, 6) is 0.900. The molecule has 1 N–H and O–H groups in total. The van der Waals surface area contributed by atoms with Gasteiger partial charge in [0.15, 0.2) is 0 Å². The summed E-state index contributed by atoms with van der Waals surface area (Å²) in [6.07, 6.45) is 14.6. The van der Waals surface area contributed by atoms with Crippen LogP contribution in [0.25, 0.3) is 0 Å². The molecular formula is C38H54N2O6. The number of carbonyl (C=O) groups is 2. The van der Waals surface area contributed by atoms with Gasteiger partial charge in [-0.1, -0.05) is 25.0 Å². The zero-order valence-corrected chi connectivity index (χ0v) is 27.9. The predicted molar refractivity (Wildman–Crippen MR) is 180 cm³/mol. The highest BCUT2D eigenvalue weighted by Gasteiger charge is 2.27. The maximum absolute atomic E-state index is 11.3. The Bertz CT molecular complexity index is 1270. The van der Waals surface area contributed by atoms with Crippen LogP contribution in [0.4, 0.5) is 0 Å². The Morgan fingerprint density at radius 2 is 1.15 bits per heavy atom. The number of hydrogen-bond donors (Lipinski definition) is 1. The molecule has 4 aliphatic rings. The van der Waals surface area contributed by atoms with E-state index in [-0.39, 0.29) is 12.4 Å². The van der Waals surface area contributed by atoms with Gasteiger partial charge in [-0.2, -0.15) is 0 Å². The van der Waals surface area contributed by atoms with Crippen LogP contribution in [0.15, 0.2) is 36.4 Å². The van der Waals surface area contributed by atoms with E-state index in [2.05, 4.69) is 40.1 Å². The third-order valence-corrected chi connectivity index (χ3v) is 10.1. The summed E-state index contributed by atoms with van der Waals surface area (Å²) in [5, 5.41) is 8.63. The molecule has 2 aromatic carbocycles. The molecule has 8 heteroatoms. The van der Waals surface area contributed by atoms with E-state index in [0.29, 0.717) is 39.1 Å². The Labute approximate surface area is 275 Å². The summed E-state index contributed by atoms with van der Waals surface area (Å²) in [6.45, 7) is 8.00. The van der Waals surface area contributed by atoms with Crippen LogP contribution in [0.2, 0.25) is 0 Å². The number of fused-ring (bicyclic) bond motifs is 2. The van der Waals surface area contributed by atoms with Crippen molar-refractivity contribution in [2.45, 2.75) is 109 Å². The predicted octanol–water partition coefficient (Wildman–Crippen LogP) is 6.25. The molecule has 6 rings (SSSR count). The molecule has 0 bridgehead atoms. The molecule has 0 radical (unpaired) electrons. The second-order valence-electron chi connectivity index (χ2n) is 13.2. The van der Waals surface area contributed by atoms with Crippen LogP contribution in [0.5, 0.6) is 11.5 Å². The molecule has 252 valence electrons. The molecular weight excluding hydrogens is 580 g/mol. The summed E-state index contributed by atoms with van der Waals surface area (Å²) in [6, 6.07) is 14.5. The van der Waals surface area contributed by atoms with Gasteiger partial charge in [0.2, 0.25) is 0 Å². The van der Waals surface area contributed by atoms with Crippen molar-refractivity contribution in [3.05, 3.63) is 58.7 Å². The van der Waals surface area contributed by atoms with Gasteiger partial charge in [0.05, 0.1) is 19.8 Å². The normalized spacial score (nSPS) is 18.7. The van der Waals surface area contributed by atoms with Crippen molar-refractivity contribution < 1.29 is 28.9 Å². The smallest absolute Gasteiger partial charge is 0.305 e. The van der Waals surface area contributed by atoms with E-state index in [9.17, 15) is 9.59 Å². The fraction of sp³-hybridized carbons (Fsp3) is 0.632. The van der Waals surface area contributed by atoms with E-state index in [0.717, 1.165) is 55.8 Å². The van der Waals surface area contributed by atoms with Gasteiger partial charge < -0.3 is 19.3 Å². The van der Waals surface area contributed by atoms with Crippen LogP contribution < -0.4 is 9.47 Å². The summed E-state index contributed by atoms with van der Waals surface area (Å²) in [7, 11) is 0. The molecule has 8 nitrogen and oxygen atoms in total. The van der Waals surface area contributed by atoms with Crippen molar-refractivity contribution in [1.82, 2.24) is 9.80 Å². The number of rotatable bonds is 13. The van der Waals surface area contributed by atoms with Gasteiger partial charge in [-0.3, -0.25) is 19.4 Å². The van der Waals surface area contributed by atoms with Gasteiger partial charge in [-0.05, 0) is 118 Å². The SMILES string of the molecule is CCOC(=O)CCCOc1ccc2c(c1)CCN(C1CCC1)CC2.O=C(O)CCCOc1ccc2c(c1)CCN(C1CCC1)CC2. The van der Waals surface area contributed by atoms with Gasteiger partial charge in [-0.25, -0.2) is 0 Å². The molecule has 0 atom stereocenters. The molecule has 2 aromatic rings. The van der Waals surface area contributed by atoms with Gasteiger partial charge in [0.1, 0.15) is 11.5 Å². The third-order valence-electron chi connectivity index (χ3n) is 10.1. The van der Waals surface area contributed by atoms with E-state index < -0.39 is 5.97 Å². The molecule has 2 saturated carbocycles. The molecule has 2 heterocycles. The first-order valence-electron chi connectivity index (χ1n) is 17.8. The van der Waals surface area contributed by atoms with Crippen LogP contribution in [0, 0.1) is 0 Å². The van der Waals surface area contributed by atoms with E-state index in [1.165, 1.54) is 80.4 Å². The Hall–Kier alpha value is -3.10. The van der Waals surface area contributed by atoms with Crippen LogP contribution in [-0.4, -0.2) is 84.9 Å². The average molecular weight is 635 g/mol. The number of aliphatic carboxylic acids is 1. The number of benzene rings is 2. The molecule has 0 aromatic heterocycles. The Morgan fingerprint density at radius 1 is 0.696 bits per heavy atom. The second-order valence-corrected chi connectivity index (χ2v) is 13.2. The number of esters is 1. The highest BCUT2D eigenvalue weighted by molar-refractivity contribution is 5.69. The monoisotopic (exact) mass is 634 g/mol. The molecule has 46 heavy (non-hydrogen) atoms. The number of nitrogens with zero attached hydrogens (tertiary/aromatic N) is 2. The lowest BCUT2D eigenvalue weighted by Crippen LogP contribution is -2.41. The fourth-order valence-electron chi connectivity index (χ4n) is 6.90.